The molecule has 6 nitrogen and oxygen atoms in total. The SMILES string of the molecule is NS(=O)(=O)N1CCN(C(=O)c2c(F)cc(F)cc2F)CC1. The van der Waals surface area contributed by atoms with E-state index in [4.69, 9.17) is 5.14 Å². The summed E-state index contributed by atoms with van der Waals surface area (Å²) in [6.07, 6.45) is 0. The minimum absolute atomic E-state index is 0.0640. The van der Waals surface area contributed by atoms with Crippen LogP contribution in [-0.4, -0.2) is 49.7 Å². The lowest BCUT2D eigenvalue weighted by atomic mass is 10.1. The molecule has 1 aromatic carbocycles. The molecule has 0 radical (unpaired) electrons. The Morgan fingerprint density at radius 3 is 1.95 bits per heavy atom. The summed E-state index contributed by atoms with van der Waals surface area (Å²) in [5.74, 6) is -4.68. The smallest absolute Gasteiger partial charge is 0.277 e. The average molecular weight is 323 g/mol. The summed E-state index contributed by atoms with van der Waals surface area (Å²) in [7, 11) is -3.86. The standard InChI is InChI=1S/C11H12F3N3O3S/c12-7-5-8(13)10(9(14)6-7)11(18)16-1-3-17(4-2-16)21(15,19)20/h5-6H,1-4H2,(H2,15,19,20). The van der Waals surface area contributed by atoms with Crippen molar-refractivity contribution >= 4 is 16.1 Å². The number of carbonyl (C=O) groups is 1. The molecule has 2 rings (SSSR count). The van der Waals surface area contributed by atoms with Crippen molar-refractivity contribution in [2.75, 3.05) is 26.2 Å². The zero-order valence-corrected chi connectivity index (χ0v) is 11.5. The maximum Gasteiger partial charge on any atom is 0.277 e. The van der Waals surface area contributed by atoms with Gasteiger partial charge >= 0.3 is 0 Å². The van der Waals surface area contributed by atoms with Crippen molar-refractivity contribution in [3.63, 3.8) is 0 Å². The number of halogens is 3. The van der Waals surface area contributed by atoms with Crippen molar-refractivity contribution in [2.24, 2.45) is 5.14 Å². The highest BCUT2D eigenvalue weighted by Gasteiger charge is 2.30. The number of hydrogen-bond acceptors (Lipinski definition) is 3. The third kappa shape index (κ3) is 3.34. The lowest BCUT2D eigenvalue weighted by molar-refractivity contribution is 0.0688. The fourth-order valence-electron chi connectivity index (χ4n) is 2.05. The largest absolute Gasteiger partial charge is 0.336 e. The van der Waals surface area contributed by atoms with E-state index in [1.807, 2.05) is 0 Å². The second-order valence-corrected chi connectivity index (χ2v) is 6.03. The van der Waals surface area contributed by atoms with Crippen LogP contribution in [0.15, 0.2) is 12.1 Å². The molecule has 1 aromatic rings. The van der Waals surface area contributed by atoms with Crippen LogP contribution >= 0.6 is 0 Å². The number of carbonyl (C=O) groups excluding carboxylic acids is 1. The Bertz CT molecular complexity index is 650. The lowest BCUT2D eigenvalue weighted by Gasteiger charge is -2.33. The van der Waals surface area contributed by atoms with E-state index in [9.17, 15) is 26.4 Å². The monoisotopic (exact) mass is 323 g/mol. The summed E-state index contributed by atoms with van der Waals surface area (Å²) in [6.45, 7) is -0.277. The van der Waals surface area contributed by atoms with Crippen LogP contribution in [0.25, 0.3) is 0 Å². The van der Waals surface area contributed by atoms with Gasteiger partial charge in [-0.15, -0.1) is 0 Å². The molecule has 116 valence electrons. The lowest BCUT2D eigenvalue weighted by Crippen LogP contribution is -2.52. The first-order chi connectivity index (χ1) is 9.70. The summed E-state index contributed by atoms with van der Waals surface area (Å²) in [6, 6.07) is 0.827. The van der Waals surface area contributed by atoms with Crippen LogP contribution in [0.3, 0.4) is 0 Å². The number of nitrogens with zero attached hydrogens (tertiary/aromatic N) is 2. The predicted molar refractivity (Wildman–Crippen MR) is 66.9 cm³/mol. The number of nitrogens with two attached hydrogens (primary N) is 1. The summed E-state index contributed by atoms with van der Waals surface area (Å²) in [5.41, 5.74) is -0.861. The Labute approximate surface area is 119 Å². The molecule has 0 spiro atoms. The fraction of sp³-hybridized carbons (Fsp3) is 0.364. The Hall–Kier alpha value is -1.65. The molecule has 1 aliphatic rings. The van der Waals surface area contributed by atoms with Gasteiger partial charge < -0.3 is 4.90 Å². The number of piperazine rings is 1. The van der Waals surface area contributed by atoms with Gasteiger partial charge in [0.2, 0.25) is 0 Å². The molecule has 10 heteroatoms. The van der Waals surface area contributed by atoms with Crippen molar-refractivity contribution in [1.29, 1.82) is 0 Å². The Kier molecular flexibility index (Phi) is 4.21. The van der Waals surface area contributed by atoms with Gasteiger partial charge in [0.05, 0.1) is 0 Å². The van der Waals surface area contributed by atoms with Gasteiger partial charge in [0, 0.05) is 38.3 Å². The zero-order valence-electron chi connectivity index (χ0n) is 10.7. The third-order valence-electron chi connectivity index (χ3n) is 3.11. The molecular weight excluding hydrogens is 311 g/mol. The molecule has 1 heterocycles. The normalized spacial score (nSPS) is 17.0. The molecule has 2 N–H and O–H groups in total. The molecule has 1 aliphatic heterocycles. The molecule has 1 fully saturated rings. The molecule has 0 saturated carbocycles. The number of amides is 1. The summed E-state index contributed by atoms with van der Waals surface area (Å²) in [4.78, 5) is 13.1. The molecule has 0 unspecified atom stereocenters. The molecule has 0 bridgehead atoms. The zero-order chi connectivity index (χ0) is 15.8. The predicted octanol–water partition coefficient (Wildman–Crippen LogP) is 0.0652. The molecule has 0 aromatic heterocycles. The van der Waals surface area contributed by atoms with Gasteiger partial charge in [-0.25, -0.2) is 18.3 Å². The van der Waals surface area contributed by atoms with Crippen LogP contribution in [-0.2, 0) is 10.2 Å². The van der Waals surface area contributed by atoms with Gasteiger partial charge in [0.15, 0.2) is 0 Å². The first-order valence-electron chi connectivity index (χ1n) is 5.92. The van der Waals surface area contributed by atoms with E-state index in [0.29, 0.717) is 12.1 Å². The quantitative estimate of drug-likeness (QED) is 0.836. The Morgan fingerprint density at radius 2 is 1.52 bits per heavy atom. The molecule has 1 saturated heterocycles. The minimum Gasteiger partial charge on any atom is -0.336 e. The van der Waals surface area contributed by atoms with Gasteiger partial charge in [-0.1, -0.05) is 0 Å². The Morgan fingerprint density at radius 1 is 1.05 bits per heavy atom. The molecule has 21 heavy (non-hydrogen) atoms. The van der Waals surface area contributed by atoms with E-state index in [-0.39, 0.29) is 26.2 Å². The van der Waals surface area contributed by atoms with Gasteiger partial charge in [0.25, 0.3) is 16.1 Å². The number of benzene rings is 1. The molecule has 0 aliphatic carbocycles. The van der Waals surface area contributed by atoms with Gasteiger partial charge in [-0.2, -0.15) is 12.7 Å². The average Bonchev–Trinajstić information content (AvgIpc) is 2.36. The van der Waals surface area contributed by atoms with E-state index < -0.39 is 39.1 Å². The second kappa shape index (κ2) is 5.62. The van der Waals surface area contributed by atoms with Crippen molar-refractivity contribution in [2.45, 2.75) is 0 Å². The summed E-state index contributed by atoms with van der Waals surface area (Å²) < 4.78 is 63.0. The fourth-order valence-corrected chi connectivity index (χ4v) is 2.72. The Balaban J connectivity index is 2.17. The van der Waals surface area contributed by atoms with Crippen molar-refractivity contribution in [3.05, 3.63) is 35.1 Å². The van der Waals surface area contributed by atoms with Crippen molar-refractivity contribution < 1.29 is 26.4 Å². The summed E-state index contributed by atoms with van der Waals surface area (Å²) in [5, 5.41) is 4.94. The van der Waals surface area contributed by atoms with Crippen LogP contribution in [0, 0.1) is 17.5 Å². The first-order valence-corrected chi connectivity index (χ1v) is 7.42. The topological polar surface area (TPSA) is 83.7 Å². The van der Waals surface area contributed by atoms with Gasteiger partial charge in [-0.3, -0.25) is 4.79 Å². The highest BCUT2D eigenvalue weighted by Crippen LogP contribution is 2.18. The summed E-state index contributed by atoms with van der Waals surface area (Å²) >= 11 is 0. The van der Waals surface area contributed by atoms with E-state index in [1.165, 1.54) is 0 Å². The number of hydrogen-bond donors (Lipinski definition) is 1. The van der Waals surface area contributed by atoms with Gasteiger partial charge in [-0.05, 0) is 0 Å². The van der Waals surface area contributed by atoms with Crippen molar-refractivity contribution in [3.8, 4) is 0 Å². The van der Waals surface area contributed by atoms with E-state index in [1.54, 1.807) is 0 Å². The van der Waals surface area contributed by atoms with Crippen LogP contribution in [0.2, 0.25) is 0 Å². The van der Waals surface area contributed by atoms with E-state index in [2.05, 4.69) is 0 Å². The van der Waals surface area contributed by atoms with Crippen molar-refractivity contribution in [1.82, 2.24) is 9.21 Å². The van der Waals surface area contributed by atoms with Crippen LogP contribution in [0.5, 0.6) is 0 Å². The maximum absolute atomic E-state index is 13.5. The van der Waals surface area contributed by atoms with Crippen LogP contribution < -0.4 is 5.14 Å². The van der Waals surface area contributed by atoms with Gasteiger partial charge in [0.1, 0.15) is 23.0 Å². The third-order valence-corrected chi connectivity index (χ3v) is 4.19. The molecular formula is C11H12F3N3O3S. The molecule has 0 atom stereocenters. The van der Waals surface area contributed by atoms with E-state index >= 15 is 0 Å². The van der Waals surface area contributed by atoms with Crippen LogP contribution in [0.4, 0.5) is 13.2 Å². The highest BCUT2D eigenvalue weighted by atomic mass is 32.2. The van der Waals surface area contributed by atoms with Crippen LogP contribution in [0.1, 0.15) is 10.4 Å². The second-order valence-electron chi connectivity index (χ2n) is 4.48. The highest BCUT2D eigenvalue weighted by molar-refractivity contribution is 7.86. The maximum atomic E-state index is 13.5. The van der Waals surface area contributed by atoms with E-state index in [0.717, 1.165) is 9.21 Å². The molecule has 1 amide bonds. The first kappa shape index (κ1) is 15.7. The minimum atomic E-state index is -3.86. The number of rotatable bonds is 2.